The summed E-state index contributed by atoms with van der Waals surface area (Å²) in [5.41, 5.74) is 3.37. The number of benzene rings is 3. The van der Waals surface area contributed by atoms with Crippen LogP contribution in [0.25, 0.3) is 5.76 Å². The van der Waals surface area contributed by atoms with E-state index in [1.54, 1.807) is 48.5 Å². The third kappa shape index (κ3) is 5.62. The number of aliphatic hydroxyl groups is 1. The minimum Gasteiger partial charge on any atom is -0.507 e. The maximum Gasteiger partial charge on any atom is 0.308 e. The number of aryl methyl sites for hydroxylation is 2. The number of esters is 1. The van der Waals surface area contributed by atoms with E-state index in [1.165, 1.54) is 11.8 Å². The zero-order valence-corrected chi connectivity index (χ0v) is 22.1. The van der Waals surface area contributed by atoms with Crippen molar-refractivity contribution in [2.45, 2.75) is 40.7 Å². The number of anilines is 1. The number of rotatable bonds is 7. The molecule has 1 saturated heterocycles. The summed E-state index contributed by atoms with van der Waals surface area (Å²) >= 11 is 0. The number of hydrogen-bond donors (Lipinski definition) is 1. The van der Waals surface area contributed by atoms with Gasteiger partial charge in [-0.2, -0.15) is 0 Å². The van der Waals surface area contributed by atoms with Gasteiger partial charge in [0.25, 0.3) is 11.7 Å². The Morgan fingerprint density at radius 2 is 1.50 bits per heavy atom. The number of carbonyl (C=O) groups excluding carboxylic acids is 3. The maximum absolute atomic E-state index is 13.4. The summed E-state index contributed by atoms with van der Waals surface area (Å²) in [5.74, 6) is -0.917. The van der Waals surface area contributed by atoms with Gasteiger partial charge in [0.2, 0.25) is 0 Å². The van der Waals surface area contributed by atoms with Crippen LogP contribution in [0.3, 0.4) is 0 Å². The molecule has 1 aliphatic heterocycles. The lowest BCUT2D eigenvalue weighted by Crippen LogP contribution is -2.29. The molecule has 1 unspecified atom stereocenters. The van der Waals surface area contributed by atoms with Crippen molar-refractivity contribution in [3.05, 3.63) is 94.6 Å². The van der Waals surface area contributed by atoms with Crippen molar-refractivity contribution in [1.82, 2.24) is 0 Å². The van der Waals surface area contributed by atoms with Crippen LogP contribution in [0, 0.1) is 19.8 Å². The number of carbonyl (C=O) groups is 3. The molecule has 1 fully saturated rings. The highest BCUT2D eigenvalue weighted by molar-refractivity contribution is 6.51. The standard InChI is InChI=1S/C31H31NO6/c1-18(2)17-37-25-10-8-23(9-11-25)29(34)27-28(22-6-12-26(13-7-22)38-21(5)33)32(31(36)30(27)35)24-15-19(3)14-20(4)16-24/h6-16,18,28,34H,17H2,1-5H3/b29-27+. The maximum atomic E-state index is 13.4. The molecule has 38 heavy (non-hydrogen) atoms. The second-order valence-corrected chi connectivity index (χ2v) is 9.91. The van der Waals surface area contributed by atoms with Crippen LogP contribution in [0.5, 0.6) is 11.5 Å². The summed E-state index contributed by atoms with van der Waals surface area (Å²) in [7, 11) is 0. The fourth-order valence-electron chi connectivity index (χ4n) is 4.52. The highest BCUT2D eigenvalue weighted by Crippen LogP contribution is 2.43. The van der Waals surface area contributed by atoms with E-state index in [0.717, 1.165) is 11.1 Å². The van der Waals surface area contributed by atoms with E-state index in [9.17, 15) is 19.5 Å². The van der Waals surface area contributed by atoms with Crippen LogP contribution >= 0.6 is 0 Å². The minimum atomic E-state index is -0.889. The van der Waals surface area contributed by atoms with E-state index >= 15 is 0 Å². The Morgan fingerprint density at radius 3 is 2.05 bits per heavy atom. The van der Waals surface area contributed by atoms with Crippen molar-refractivity contribution in [2.75, 3.05) is 11.5 Å². The second-order valence-electron chi connectivity index (χ2n) is 9.91. The average Bonchev–Trinajstić information content (AvgIpc) is 3.12. The van der Waals surface area contributed by atoms with E-state index in [2.05, 4.69) is 0 Å². The summed E-state index contributed by atoms with van der Waals surface area (Å²) in [6.07, 6.45) is 0. The van der Waals surface area contributed by atoms with Gasteiger partial charge in [0.1, 0.15) is 17.3 Å². The summed E-state index contributed by atoms with van der Waals surface area (Å²) in [6.45, 7) is 9.79. The zero-order valence-electron chi connectivity index (χ0n) is 22.1. The van der Waals surface area contributed by atoms with Gasteiger partial charge >= 0.3 is 5.97 Å². The molecule has 1 aliphatic rings. The SMILES string of the molecule is CC(=O)Oc1ccc(C2/C(=C(\O)c3ccc(OCC(C)C)cc3)C(=O)C(=O)N2c2cc(C)cc(C)c2)cc1. The molecule has 3 aromatic carbocycles. The lowest BCUT2D eigenvalue weighted by atomic mass is 9.95. The van der Waals surface area contributed by atoms with Gasteiger partial charge in [-0.15, -0.1) is 0 Å². The molecule has 4 rings (SSSR count). The molecule has 0 spiro atoms. The van der Waals surface area contributed by atoms with Crippen molar-refractivity contribution in [1.29, 1.82) is 0 Å². The number of amides is 1. The number of ether oxygens (including phenoxy) is 2. The molecule has 7 nitrogen and oxygen atoms in total. The van der Waals surface area contributed by atoms with Crippen LogP contribution in [0.2, 0.25) is 0 Å². The molecule has 196 valence electrons. The minimum absolute atomic E-state index is 0.0229. The van der Waals surface area contributed by atoms with Crippen molar-refractivity contribution >= 4 is 29.1 Å². The Balaban J connectivity index is 1.83. The topological polar surface area (TPSA) is 93.1 Å². The quantitative estimate of drug-likeness (QED) is 0.139. The van der Waals surface area contributed by atoms with Gasteiger partial charge in [-0.05, 0) is 85.0 Å². The normalized spacial score (nSPS) is 16.7. The van der Waals surface area contributed by atoms with E-state index in [4.69, 9.17) is 9.47 Å². The summed E-state index contributed by atoms with van der Waals surface area (Å²) in [6, 6.07) is 18.1. The summed E-state index contributed by atoms with van der Waals surface area (Å²) in [4.78, 5) is 39.6. The Labute approximate surface area is 222 Å². The highest BCUT2D eigenvalue weighted by Gasteiger charge is 2.47. The van der Waals surface area contributed by atoms with Gasteiger partial charge in [-0.1, -0.05) is 32.0 Å². The third-order valence-electron chi connectivity index (χ3n) is 6.10. The first-order valence-corrected chi connectivity index (χ1v) is 12.5. The van der Waals surface area contributed by atoms with Crippen LogP contribution in [-0.4, -0.2) is 29.4 Å². The Kier molecular flexibility index (Phi) is 7.67. The van der Waals surface area contributed by atoms with Gasteiger partial charge in [0.05, 0.1) is 18.2 Å². The predicted octanol–water partition coefficient (Wildman–Crippen LogP) is 5.89. The van der Waals surface area contributed by atoms with Gasteiger partial charge in [-0.25, -0.2) is 0 Å². The van der Waals surface area contributed by atoms with E-state index in [-0.39, 0.29) is 11.3 Å². The number of hydrogen-bond acceptors (Lipinski definition) is 6. The van der Waals surface area contributed by atoms with Gasteiger partial charge in [-0.3, -0.25) is 19.3 Å². The molecule has 0 aliphatic carbocycles. The van der Waals surface area contributed by atoms with Crippen molar-refractivity contribution < 1.29 is 29.0 Å². The predicted molar refractivity (Wildman–Crippen MR) is 145 cm³/mol. The molecular weight excluding hydrogens is 482 g/mol. The lowest BCUT2D eigenvalue weighted by molar-refractivity contribution is -0.132. The molecule has 1 N–H and O–H groups in total. The monoisotopic (exact) mass is 513 g/mol. The molecule has 7 heteroatoms. The van der Waals surface area contributed by atoms with Crippen LogP contribution in [-0.2, 0) is 14.4 Å². The number of aliphatic hydroxyl groups excluding tert-OH is 1. The molecule has 1 heterocycles. The smallest absolute Gasteiger partial charge is 0.308 e. The van der Waals surface area contributed by atoms with E-state index in [1.807, 2.05) is 45.9 Å². The fraction of sp³-hybridized carbons (Fsp3) is 0.258. The van der Waals surface area contributed by atoms with Crippen LogP contribution < -0.4 is 14.4 Å². The zero-order chi connectivity index (χ0) is 27.6. The molecule has 0 bridgehead atoms. The van der Waals surface area contributed by atoms with Crippen molar-refractivity contribution in [3.63, 3.8) is 0 Å². The molecular formula is C31H31NO6. The molecule has 0 radical (unpaired) electrons. The van der Waals surface area contributed by atoms with Crippen molar-refractivity contribution in [3.8, 4) is 11.5 Å². The average molecular weight is 514 g/mol. The van der Waals surface area contributed by atoms with Gasteiger partial charge in [0.15, 0.2) is 0 Å². The third-order valence-corrected chi connectivity index (χ3v) is 6.10. The Bertz CT molecular complexity index is 1380. The largest absolute Gasteiger partial charge is 0.507 e. The van der Waals surface area contributed by atoms with E-state index < -0.39 is 23.7 Å². The first-order valence-electron chi connectivity index (χ1n) is 12.5. The summed E-state index contributed by atoms with van der Waals surface area (Å²) in [5, 5.41) is 11.4. The molecule has 1 atom stereocenters. The van der Waals surface area contributed by atoms with E-state index in [0.29, 0.717) is 40.8 Å². The van der Waals surface area contributed by atoms with Crippen LogP contribution in [0.15, 0.2) is 72.3 Å². The van der Waals surface area contributed by atoms with Gasteiger partial charge < -0.3 is 14.6 Å². The molecule has 1 amide bonds. The van der Waals surface area contributed by atoms with Gasteiger partial charge in [0, 0.05) is 18.2 Å². The first-order chi connectivity index (χ1) is 18.0. The second kappa shape index (κ2) is 10.9. The lowest BCUT2D eigenvalue weighted by Gasteiger charge is -2.26. The number of Topliss-reactive ketones (excluding diaryl/α,β-unsaturated/α-hetero) is 1. The van der Waals surface area contributed by atoms with Crippen molar-refractivity contribution in [2.24, 2.45) is 5.92 Å². The number of nitrogens with zero attached hydrogens (tertiary/aromatic N) is 1. The Hall–Kier alpha value is -4.39. The summed E-state index contributed by atoms with van der Waals surface area (Å²) < 4.78 is 10.9. The van der Waals surface area contributed by atoms with Crippen LogP contribution in [0.1, 0.15) is 49.1 Å². The fourth-order valence-corrected chi connectivity index (χ4v) is 4.52. The molecule has 3 aromatic rings. The number of ketones is 1. The first kappa shape index (κ1) is 26.7. The molecule has 0 aromatic heterocycles. The van der Waals surface area contributed by atoms with Crippen LogP contribution in [0.4, 0.5) is 5.69 Å². The Morgan fingerprint density at radius 1 is 0.921 bits per heavy atom. The molecule has 0 saturated carbocycles. The highest BCUT2D eigenvalue weighted by atomic mass is 16.5.